The van der Waals surface area contributed by atoms with Crippen LogP contribution in [0.5, 0.6) is 0 Å². The molecule has 1 unspecified atom stereocenters. The van der Waals surface area contributed by atoms with Gasteiger partial charge in [-0.2, -0.15) is 0 Å². The highest BCUT2D eigenvalue weighted by Gasteiger charge is 2.30. The predicted octanol–water partition coefficient (Wildman–Crippen LogP) is 1.22. The summed E-state index contributed by atoms with van der Waals surface area (Å²) in [5.41, 5.74) is 5.18. The molecule has 0 saturated carbocycles. The average Bonchev–Trinajstić information content (AvgIpc) is 2.32. The normalized spacial score (nSPS) is 21.8. The molecule has 2 N–H and O–H groups in total. The zero-order chi connectivity index (χ0) is 15.1. The van der Waals surface area contributed by atoms with E-state index in [1.54, 1.807) is 11.8 Å². The van der Waals surface area contributed by atoms with Crippen LogP contribution < -0.4 is 10.6 Å². The average molecular weight is 320 g/mol. The number of anilines is 1. The number of sulfone groups is 1. The van der Waals surface area contributed by atoms with Crippen LogP contribution in [0.4, 0.5) is 14.5 Å². The standard InChI is InChI=1S/C12H14F2N2O2S2/c1-7-6-20(17,18)5-4-16(7)9-3-2-8(12(15)19)10(13)11(9)14/h2-3,7H,4-6H2,1H3,(H2,15,19). The molecule has 1 aromatic rings. The van der Waals surface area contributed by atoms with E-state index in [4.69, 9.17) is 5.73 Å². The van der Waals surface area contributed by atoms with Gasteiger partial charge in [0, 0.05) is 18.2 Å². The quantitative estimate of drug-likeness (QED) is 0.830. The lowest BCUT2D eigenvalue weighted by Crippen LogP contribution is -2.47. The third-order valence-corrected chi connectivity index (χ3v) is 5.32. The number of rotatable bonds is 2. The first-order chi connectivity index (χ1) is 9.23. The summed E-state index contributed by atoms with van der Waals surface area (Å²) in [5, 5.41) is 0. The summed E-state index contributed by atoms with van der Waals surface area (Å²) in [5.74, 6) is -2.31. The molecule has 20 heavy (non-hydrogen) atoms. The Kier molecular flexibility index (Phi) is 3.97. The second-order valence-corrected chi connectivity index (χ2v) is 7.45. The Balaban J connectivity index is 2.40. The van der Waals surface area contributed by atoms with Gasteiger partial charge in [0.1, 0.15) is 4.99 Å². The maximum absolute atomic E-state index is 14.1. The van der Waals surface area contributed by atoms with Crippen LogP contribution in [0.2, 0.25) is 0 Å². The van der Waals surface area contributed by atoms with Crippen LogP contribution in [0.3, 0.4) is 0 Å². The molecular weight excluding hydrogens is 306 g/mol. The van der Waals surface area contributed by atoms with Crippen molar-refractivity contribution in [2.24, 2.45) is 5.73 Å². The van der Waals surface area contributed by atoms with E-state index in [0.717, 1.165) is 0 Å². The van der Waals surface area contributed by atoms with Gasteiger partial charge in [0.25, 0.3) is 0 Å². The Morgan fingerprint density at radius 2 is 2.05 bits per heavy atom. The van der Waals surface area contributed by atoms with Crippen LogP contribution in [0.15, 0.2) is 12.1 Å². The van der Waals surface area contributed by atoms with E-state index in [2.05, 4.69) is 12.2 Å². The minimum Gasteiger partial charge on any atom is -0.389 e. The molecular formula is C12H14F2N2O2S2. The Bertz CT molecular complexity index is 662. The minimum atomic E-state index is -3.12. The molecule has 1 saturated heterocycles. The van der Waals surface area contributed by atoms with Crippen molar-refractivity contribution in [3.63, 3.8) is 0 Å². The van der Waals surface area contributed by atoms with Crippen molar-refractivity contribution in [3.05, 3.63) is 29.3 Å². The van der Waals surface area contributed by atoms with Crippen LogP contribution in [0.1, 0.15) is 12.5 Å². The largest absolute Gasteiger partial charge is 0.389 e. The highest BCUT2D eigenvalue weighted by atomic mass is 32.2. The molecule has 0 amide bonds. The van der Waals surface area contributed by atoms with Gasteiger partial charge in [0.2, 0.25) is 0 Å². The maximum atomic E-state index is 14.1. The number of halogens is 2. The van der Waals surface area contributed by atoms with Gasteiger partial charge >= 0.3 is 0 Å². The summed E-state index contributed by atoms with van der Waals surface area (Å²) in [4.78, 5) is 1.32. The monoisotopic (exact) mass is 320 g/mol. The molecule has 0 aromatic heterocycles. The van der Waals surface area contributed by atoms with E-state index in [1.807, 2.05) is 0 Å². The fourth-order valence-corrected chi connectivity index (χ4v) is 4.02. The molecule has 1 heterocycles. The van der Waals surface area contributed by atoms with E-state index in [9.17, 15) is 17.2 Å². The molecule has 1 fully saturated rings. The van der Waals surface area contributed by atoms with Crippen molar-refractivity contribution in [1.29, 1.82) is 0 Å². The summed E-state index contributed by atoms with van der Waals surface area (Å²) >= 11 is 4.64. The zero-order valence-electron chi connectivity index (χ0n) is 10.8. The van der Waals surface area contributed by atoms with E-state index in [0.29, 0.717) is 0 Å². The molecule has 1 aromatic carbocycles. The van der Waals surface area contributed by atoms with Gasteiger partial charge in [-0.1, -0.05) is 12.2 Å². The van der Waals surface area contributed by atoms with Crippen LogP contribution in [0, 0.1) is 11.6 Å². The molecule has 0 spiro atoms. The first-order valence-corrected chi connectivity index (χ1v) is 8.21. The smallest absolute Gasteiger partial charge is 0.182 e. The van der Waals surface area contributed by atoms with Crippen molar-refractivity contribution in [2.45, 2.75) is 13.0 Å². The van der Waals surface area contributed by atoms with Gasteiger partial charge in [-0.25, -0.2) is 17.2 Å². The van der Waals surface area contributed by atoms with Gasteiger partial charge in [-0.3, -0.25) is 0 Å². The summed E-state index contributed by atoms with van der Waals surface area (Å²) in [7, 11) is -3.12. The van der Waals surface area contributed by atoms with E-state index < -0.39 is 27.5 Å². The van der Waals surface area contributed by atoms with Crippen molar-refractivity contribution in [1.82, 2.24) is 0 Å². The molecule has 8 heteroatoms. The maximum Gasteiger partial charge on any atom is 0.182 e. The summed E-state index contributed by atoms with van der Waals surface area (Å²) in [6.07, 6.45) is 0. The highest BCUT2D eigenvalue weighted by Crippen LogP contribution is 2.28. The van der Waals surface area contributed by atoms with Crippen LogP contribution >= 0.6 is 12.2 Å². The fraction of sp³-hybridized carbons (Fsp3) is 0.417. The van der Waals surface area contributed by atoms with Gasteiger partial charge in [-0.05, 0) is 19.1 Å². The van der Waals surface area contributed by atoms with Crippen LogP contribution in [-0.4, -0.2) is 37.5 Å². The lowest BCUT2D eigenvalue weighted by molar-refractivity contribution is 0.499. The SMILES string of the molecule is CC1CS(=O)(=O)CCN1c1ccc(C(N)=S)c(F)c1F. The lowest BCUT2D eigenvalue weighted by atomic mass is 10.1. The molecule has 4 nitrogen and oxygen atoms in total. The number of nitrogens with zero attached hydrogens (tertiary/aromatic N) is 1. The molecule has 1 atom stereocenters. The van der Waals surface area contributed by atoms with E-state index >= 15 is 0 Å². The highest BCUT2D eigenvalue weighted by molar-refractivity contribution is 7.91. The van der Waals surface area contributed by atoms with Gasteiger partial charge in [0.15, 0.2) is 21.5 Å². The molecule has 0 radical (unpaired) electrons. The Morgan fingerprint density at radius 3 is 2.60 bits per heavy atom. The van der Waals surface area contributed by atoms with E-state index in [1.165, 1.54) is 12.1 Å². The first-order valence-electron chi connectivity index (χ1n) is 5.98. The van der Waals surface area contributed by atoms with Crippen LogP contribution in [-0.2, 0) is 9.84 Å². The topological polar surface area (TPSA) is 63.4 Å². The van der Waals surface area contributed by atoms with Crippen molar-refractivity contribution >= 4 is 32.7 Å². The second kappa shape index (κ2) is 5.25. The molecule has 0 aliphatic carbocycles. The van der Waals surface area contributed by atoms with Crippen molar-refractivity contribution in [2.75, 3.05) is 23.0 Å². The van der Waals surface area contributed by atoms with Crippen molar-refractivity contribution in [3.8, 4) is 0 Å². The number of nitrogens with two attached hydrogens (primary N) is 1. The Hall–Kier alpha value is -1.28. The number of hydrogen-bond acceptors (Lipinski definition) is 4. The Labute approximate surface area is 121 Å². The van der Waals surface area contributed by atoms with Gasteiger partial charge < -0.3 is 10.6 Å². The molecule has 0 bridgehead atoms. The summed E-state index contributed by atoms with van der Waals surface area (Å²) in [6, 6.07) is 2.27. The molecule has 1 aliphatic rings. The molecule has 1 aliphatic heterocycles. The first kappa shape index (κ1) is 15.1. The third-order valence-electron chi connectivity index (χ3n) is 3.31. The second-order valence-electron chi connectivity index (χ2n) is 4.78. The lowest BCUT2D eigenvalue weighted by Gasteiger charge is -2.35. The summed E-state index contributed by atoms with van der Waals surface area (Å²) < 4.78 is 51.0. The van der Waals surface area contributed by atoms with E-state index in [-0.39, 0.29) is 34.3 Å². The predicted molar refractivity (Wildman–Crippen MR) is 77.7 cm³/mol. The fourth-order valence-electron chi connectivity index (χ4n) is 2.31. The van der Waals surface area contributed by atoms with Crippen molar-refractivity contribution < 1.29 is 17.2 Å². The number of benzene rings is 1. The third kappa shape index (κ3) is 2.76. The zero-order valence-corrected chi connectivity index (χ0v) is 12.4. The minimum absolute atomic E-state index is 0.0323. The Morgan fingerprint density at radius 1 is 1.40 bits per heavy atom. The van der Waals surface area contributed by atoms with Gasteiger partial charge in [0.05, 0.1) is 17.2 Å². The number of hydrogen-bond donors (Lipinski definition) is 1. The van der Waals surface area contributed by atoms with Gasteiger partial charge in [-0.15, -0.1) is 0 Å². The molecule has 2 rings (SSSR count). The van der Waals surface area contributed by atoms with Crippen LogP contribution in [0.25, 0.3) is 0 Å². The summed E-state index contributed by atoms with van der Waals surface area (Å²) in [6.45, 7) is 1.79. The molecule has 110 valence electrons. The number of thiocarbonyl (C=S) groups is 1.